The molecule has 2 aliphatic heterocycles. The highest BCUT2D eigenvalue weighted by Crippen LogP contribution is 2.22. The van der Waals surface area contributed by atoms with Crippen molar-refractivity contribution in [3.05, 3.63) is 35.9 Å². The summed E-state index contributed by atoms with van der Waals surface area (Å²) in [5.74, 6) is 0.935. The molecule has 1 amide bonds. The molecule has 0 bridgehead atoms. The van der Waals surface area contributed by atoms with Crippen LogP contribution < -0.4 is 10.2 Å². The van der Waals surface area contributed by atoms with Crippen LogP contribution in [0.1, 0.15) is 31.7 Å². The minimum atomic E-state index is -2.99. The maximum absolute atomic E-state index is 12.3. The normalized spacial score (nSPS) is 31.6. The van der Waals surface area contributed by atoms with Crippen LogP contribution in [0, 0.1) is 5.92 Å². The third kappa shape index (κ3) is 5.28. The van der Waals surface area contributed by atoms with E-state index in [1.54, 1.807) is 0 Å². The second-order valence-corrected chi connectivity index (χ2v) is 10.2. The van der Waals surface area contributed by atoms with Crippen LogP contribution in [0.2, 0.25) is 0 Å². The topological polar surface area (TPSA) is 67.7 Å². The van der Waals surface area contributed by atoms with E-state index in [9.17, 15) is 13.2 Å². The molecule has 2 fully saturated rings. The molecule has 1 atom stereocenters. The molecule has 0 aromatic heterocycles. The largest absolute Gasteiger partial charge is 0.345 e. The molecule has 138 valence electrons. The summed E-state index contributed by atoms with van der Waals surface area (Å²) in [5.41, 5.74) is 0.810. The van der Waals surface area contributed by atoms with E-state index in [0.29, 0.717) is 18.9 Å². The Balaban J connectivity index is 1.42. The molecule has 0 unspecified atom stereocenters. The van der Waals surface area contributed by atoms with E-state index in [0.717, 1.165) is 32.4 Å². The summed E-state index contributed by atoms with van der Waals surface area (Å²) < 4.78 is 23.3. The van der Waals surface area contributed by atoms with Gasteiger partial charge in [0.05, 0.1) is 30.1 Å². The van der Waals surface area contributed by atoms with Crippen molar-refractivity contribution in [2.75, 3.05) is 31.1 Å². The first kappa shape index (κ1) is 18.4. The SMILES string of the molecule is C[C@@]1(NC(=O)C[NH+]2CCC(Cc3ccccc3)CC2)CCS(=O)(=O)C1. The lowest BCUT2D eigenvalue weighted by Crippen LogP contribution is -3.14. The van der Waals surface area contributed by atoms with Crippen molar-refractivity contribution in [1.29, 1.82) is 0 Å². The number of likely N-dealkylation sites (tertiary alicyclic amines) is 1. The monoisotopic (exact) mass is 365 g/mol. The molecule has 2 saturated heterocycles. The summed E-state index contributed by atoms with van der Waals surface area (Å²) >= 11 is 0. The number of carbonyl (C=O) groups is 1. The number of hydrogen-bond acceptors (Lipinski definition) is 3. The van der Waals surface area contributed by atoms with Crippen molar-refractivity contribution < 1.29 is 18.1 Å². The molecule has 1 aromatic rings. The number of sulfone groups is 1. The molecule has 1 aromatic carbocycles. The van der Waals surface area contributed by atoms with Crippen molar-refractivity contribution in [3.63, 3.8) is 0 Å². The third-order valence-corrected chi connectivity index (χ3v) is 7.44. The molecule has 0 spiro atoms. The molecule has 5 nitrogen and oxygen atoms in total. The van der Waals surface area contributed by atoms with Crippen LogP contribution in [-0.2, 0) is 21.1 Å². The lowest BCUT2D eigenvalue weighted by Gasteiger charge is -2.30. The fourth-order valence-electron chi connectivity index (χ4n) is 4.13. The van der Waals surface area contributed by atoms with Crippen LogP contribution in [-0.4, -0.2) is 51.0 Å². The molecular weight excluding hydrogens is 336 g/mol. The second-order valence-electron chi connectivity index (χ2n) is 8.01. The number of hydrogen-bond donors (Lipinski definition) is 2. The van der Waals surface area contributed by atoms with Gasteiger partial charge in [0.25, 0.3) is 5.91 Å². The fraction of sp³-hybridized carbons (Fsp3) is 0.632. The average Bonchev–Trinajstić information content (AvgIpc) is 2.83. The minimum absolute atomic E-state index is 0.0175. The number of piperidine rings is 1. The van der Waals surface area contributed by atoms with Crippen molar-refractivity contribution in [2.24, 2.45) is 5.92 Å². The summed E-state index contributed by atoms with van der Waals surface area (Å²) in [6, 6.07) is 10.6. The number of benzene rings is 1. The van der Waals surface area contributed by atoms with E-state index in [1.165, 1.54) is 10.5 Å². The first-order valence-electron chi connectivity index (χ1n) is 9.23. The summed E-state index contributed by atoms with van der Waals surface area (Å²) in [7, 11) is -2.99. The van der Waals surface area contributed by atoms with Gasteiger partial charge in [-0.25, -0.2) is 8.42 Å². The van der Waals surface area contributed by atoms with E-state index in [4.69, 9.17) is 0 Å². The first-order valence-corrected chi connectivity index (χ1v) is 11.0. The predicted molar refractivity (Wildman–Crippen MR) is 98.3 cm³/mol. The summed E-state index contributed by atoms with van der Waals surface area (Å²) in [6.07, 6.45) is 3.93. The first-order chi connectivity index (χ1) is 11.8. The van der Waals surface area contributed by atoms with Gasteiger partial charge in [0.15, 0.2) is 16.4 Å². The molecule has 2 N–H and O–H groups in total. The van der Waals surface area contributed by atoms with Gasteiger partial charge < -0.3 is 10.2 Å². The van der Waals surface area contributed by atoms with Gasteiger partial charge in [-0.1, -0.05) is 30.3 Å². The Kier molecular flexibility index (Phi) is 5.49. The van der Waals surface area contributed by atoms with Gasteiger partial charge in [0.1, 0.15) is 0 Å². The summed E-state index contributed by atoms with van der Waals surface area (Å²) in [5, 5.41) is 2.97. The highest BCUT2D eigenvalue weighted by molar-refractivity contribution is 7.91. The Hall–Kier alpha value is -1.40. The van der Waals surface area contributed by atoms with Crippen molar-refractivity contribution >= 4 is 15.7 Å². The van der Waals surface area contributed by atoms with Gasteiger partial charge in [-0.2, -0.15) is 0 Å². The van der Waals surface area contributed by atoms with Crippen LogP contribution in [0.5, 0.6) is 0 Å². The van der Waals surface area contributed by atoms with Crippen LogP contribution in [0.3, 0.4) is 0 Å². The van der Waals surface area contributed by atoms with Crippen molar-refractivity contribution in [1.82, 2.24) is 5.32 Å². The lowest BCUT2D eigenvalue weighted by atomic mass is 9.90. The average molecular weight is 366 g/mol. The van der Waals surface area contributed by atoms with Crippen molar-refractivity contribution in [2.45, 2.75) is 38.1 Å². The predicted octanol–water partition coefficient (Wildman–Crippen LogP) is 0.217. The van der Waals surface area contributed by atoms with E-state index in [1.807, 2.05) is 13.0 Å². The standard InChI is InChI=1S/C19H28N2O3S/c1-19(9-12-25(23,24)15-19)20-18(22)14-21-10-7-17(8-11-21)13-16-5-3-2-4-6-16/h2-6,17H,7-15H2,1H3,(H,20,22)/p+1/t19-/m1/s1. The molecule has 2 heterocycles. The molecule has 25 heavy (non-hydrogen) atoms. The van der Waals surface area contributed by atoms with E-state index in [2.05, 4.69) is 29.6 Å². The van der Waals surface area contributed by atoms with E-state index < -0.39 is 15.4 Å². The van der Waals surface area contributed by atoms with Gasteiger partial charge in [-0.05, 0) is 44.1 Å². The molecular formula is C19H29N2O3S+. The minimum Gasteiger partial charge on any atom is -0.345 e. The molecule has 0 saturated carbocycles. The fourth-order valence-corrected chi connectivity index (χ4v) is 6.22. The Morgan fingerprint density at radius 2 is 1.92 bits per heavy atom. The van der Waals surface area contributed by atoms with Gasteiger partial charge in [0, 0.05) is 0 Å². The van der Waals surface area contributed by atoms with Gasteiger partial charge in [-0.15, -0.1) is 0 Å². The Labute approximate surface area is 150 Å². The van der Waals surface area contributed by atoms with Crippen LogP contribution in [0.4, 0.5) is 0 Å². The zero-order valence-electron chi connectivity index (χ0n) is 15.0. The zero-order valence-corrected chi connectivity index (χ0v) is 15.8. The molecule has 0 aliphatic carbocycles. The molecule has 2 aliphatic rings. The molecule has 3 rings (SSSR count). The van der Waals surface area contributed by atoms with E-state index >= 15 is 0 Å². The quantitative estimate of drug-likeness (QED) is 0.784. The van der Waals surface area contributed by atoms with Gasteiger partial charge in [-0.3, -0.25) is 4.79 Å². The Morgan fingerprint density at radius 1 is 1.24 bits per heavy atom. The van der Waals surface area contributed by atoms with E-state index in [-0.39, 0.29) is 17.4 Å². The number of nitrogens with one attached hydrogen (secondary N) is 2. The highest BCUT2D eigenvalue weighted by Gasteiger charge is 2.40. The summed E-state index contributed by atoms with van der Waals surface area (Å²) in [6.45, 7) is 4.32. The molecule has 6 heteroatoms. The maximum Gasteiger partial charge on any atom is 0.275 e. The van der Waals surface area contributed by atoms with Crippen LogP contribution in [0.25, 0.3) is 0 Å². The number of rotatable bonds is 5. The number of carbonyl (C=O) groups excluding carboxylic acids is 1. The zero-order chi connectivity index (χ0) is 17.9. The Bertz CT molecular complexity index is 697. The van der Waals surface area contributed by atoms with Crippen LogP contribution >= 0.6 is 0 Å². The smallest absolute Gasteiger partial charge is 0.275 e. The van der Waals surface area contributed by atoms with Gasteiger partial charge >= 0.3 is 0 Å². The molecule has 0 radical (unpaired) electrons. The number of amides is 1. The third-order valence-electron chi connectivity index (χ3n) is 5.53. The number of quaternary nitrogens is 1. The summed E-state index contributed by atoms with van der Waals surface area (Å²) in [4.78, 5) is 13.6. The van der Waals surface area contributed by atoms with Gasteiger partial charge in [0.2, 0.25) is 0 Å². The Morgan fingerprint density at radius 3 is 2.52 bits per heavy atom. The van der Waals surface area contributed by atoms with Crippen LogP contribution in [0.15, 0.2) is 30.3 Å². The highest BCUT2D eigenvalue weighted by atomic mass is 32.2. The second kappa shape index (κ2) is 7.46. The maximum atomic E-state index is 12.3. The lowest BCUT2D eigenvalue weighted by molar-refractivity contribution is -0.898. The van der Waals surface area contributed by atoms with Crippen molar-refractivity contribution in [3.8, 4) is 0 Å².